The molecule has 5 heteroatoms. The Balaban J connectivity index is 1.48. The maximum absolute atomic E-state index is 12.6. The monoisotopic (exact) mass is 358 g/mol. The number of nitrogens with zero attached hydrogens (tertiary/aromatic N) is 2. The molecular weight excluding hydrogens is 328 g/mol. The summed E-state index contributed by atoms with van der Waals surface area (Å²) >= 11 is 0. The van der Waals surface area contributed by atoms with Gasteiger partial charge in [-0.15, -0.1) is 0 Å². The van der Waals surface area contributed by atoms with E-state index in [2.05, 4.69) is 0 Å². The van der Waals surface area contributed by atoms with Gasteiger partial charge in [0.2, 0.25) is 11.8 Å². The molecule has 1 aliphatic heterocycles. The fourth-order valence-corrected chi connectivity index (χ4v) is 4.06. The minimum Gasteiger partial charge on any atom is -0.496 e. The van der Waals surface area contributed by atoms with Crippen LogP contribution in [0.3, 0.4) is 0 Å². The maximum atomic E-state index is 12.6. The van der Waals surface area contributed by atoms with E-state index in [0.717, 1.165) is 16.9 Å². The minimum absolute atomic E-state index is 0.124. The first-order chi connectivity index (χ1) is 12.6. The normalized spacial score (nSPS) is 18.2. The molecule has 0 spiro atoms. The van der Waals surface area contributed by atoms with Crippen LogP contribution in [0, 0.1) is 12.8 Å². The molecule has 2 amide bonds. The maximum Gasteiger partial charge on any atom is 0.227 e. The third kappa shape index (κ3) is 4.57. The molecule has 0 unspecified atom stereocenters. The molecule has 0 bridgehead atoms. The van der Waals surface area contributed by atoms with E-state index in [-0.39, 0.29) is 11.8 Å². The van der Waals surface area contributed by atoms with Crippen LogP contribution in [0.4, 0.5) is 0 Å². The number of piperazine rings is 1. The summed E-state index contributed by atoms with van der Waals surface area (Å²) in [6.07, 6.45) is 6.01. The van der Waals surface area contributed by atoms with Crippen LogP contribution in [0.15, 0.2) is 18.2 Å². The van der Waals surface area contributed by atoms with Gasteiger partial charge in [-0.1, -0.05) is 25.0 Å². The van der Waals surface area contributed by atoms with Gasteiger partial charge in [-0.25, -0.2) is 0 Å². The lowest BCUT2D eigenvalue weighted by Crippen LogP contribution is -2.51. The fourth-order valence-electron chi connectivity index (χ4n) is 4.06. The van der Waals surface area contributed by atoms with Crippen molar-refractivity contribution in [2.75, 3.05) is 33.3 Å². The Morgan fingerprint density at radius 2 is 1.65 bits per heavy atom. The van der Waals surface area contributed by atoms with Crippen molar-refractivity contribution in [1.29, 1.82) is 0 Å². The minimum atomic E-state index is 0.124. The van der Waals surface area contributed by atoms with Crippen molar-refractivity contribution in [3.8, 4) is 5.75 Å². The number of rotatable bonds is 5. The van der Waals surface area contributed by atoms with E-state index in [9.17, 15) is 9.59 Å². The highest BCUT2D eigenvalue weighted by atomic mass is 16.5. The summed E-state index contributed by atoms with van der Waals surface area (Å²) in [4.78, 5) is 28.8. The summed E-state index contributed by atoms with van der Waals surface area (Å²) in [7, 11) is 1.65. The smallest absolute Gasteiger partial charge is 0.227 e. The Bertz CT molecular complexity index is 645. The van der Waals surface area contributed by atoms with Crippen molar-refractivity contribution in [2.45, 2.75) is 45.4 Å². The lowest BCUT2D eigenvalue weighted by molar-refractivity contribution is -0.139. The average molecular weight is 358 g/mol. The summed E-state index contributed by atoms with van der Waals surface area (Å²) in [5, 5.41) is 0. The van der Waals surface area contributed by atoms with Crippen LogP contribution in [0.5, 0.6) is 5.75 Å². The zero-order valence-electron chi connectivity index (χ0n) is 16.0. The molecule has 1 aliphatic carbocycles. The van der Waals surface area contributed by atoms with Crippen LogP contribution < -0.4 is 4.74 Å². The molecule has 3 rings (SSSR count). The number of amides is 2. The number of ether oxygens (including phenoxy) is 1. The molecule has 0 N–H and O–H groups in total. The van der Waals surface area contributed by atoms with Crippen LogP contribution in [0.2, 0.25) is 0 Å². The molecule has 1 heterocycles. The van der Waals surface area contributed by atoms with Gasteiger partial charge in [-0.2, -0.15) is 0 Å². The first-order valence-electron chi connectivity index (χ1n) is 9.76. The van der Waals surface area contributed by atoms with Crippen LogP contribution in [0.1, 0.15) is 43.2 Å². The van der Waals surface area contributed by atoms with E-state index in [0.29, 0.717) is 44.9 Å². The molecule has 0 aromatic heterocycles. The summed E-state index contributed by atoms with van der Waals surface area (Å²) < 4.78 is 5.34. The van der Waals surface area contributed by atoms with Crippen LogP contribution in [-0.2, 0) is 16.0 Å². The molecular formula is C21H30N2O3. The van der Waals surface area contributed by atoms with E-state index in [1.807, 2.05) is 34.9 Å². The summed E-state index contributed by atoms with van der Waals surface area (Å²) in [5.74, 6) is 1.79. The van der Waals surface area contributed by atoms with Crippen molar-refractivity contribution in [3.05, 3.63) is 29.3 Å². The van der Waals surface area contributed by atoms with Crippen molar-refractivity contribution in [3.63, 3.8) is 0 Å². The molecule has 0 radical (unpaired) electrons. The molecule has 26 heavy (non-hydrogen) atoms. The Hall–Kier alpha value is -2.04. The topological polar surface area (TPSA) is 49.9 Å². The van der Waals surface area contributed by atoms with Crippen molar-refractivity contribution in [1.82, 2.24) is 9.80 Å². The summed E-state index contributed by atoms with van der Waals surface area (Å²) in [6, 6.07) is 5.91. The second kappa shape index (κ2) is 8.56. The molecule has 1 aromatic carbocycles. The molecule has 2 aliphatic rings. The Morgan fingerprint density at radius 3 is 2.27 bits per heavy atom. The van der Waals surface area contributed by atoms with Crippen LogP contribution in [-0.4, -0.2) is 54.9 Å². The predicted octanol–water partition coefficient (Wildman–Crippen LogP) is 2.80. The largest absolute Gasteiger partial charge is 0.496 e. The number of carbonyl (C=O) groups is 2. The number of carbonyl (C=O) groups excluding carboxylic acids is 2. The molecule has 1 aromatic rings. The van der Waals surface area contributed by atoms with E-state index >= 15 is 0 Å². The van der Waals surface area contributed by atoms with Gasteiger partial charge in [0.1, 0.15) is 5.75 Å². The van der Waals surface area contributed by atoms with E-state index < -0.39 is 0 Å². The first kappa shape index (κ1) is 18.7. The quantitative estimate of drug-likeness (QED) is 0.813. The van der Waals surface area contributed by atoms with Gasteiger partial charge in [0.05, 0.1) is 13.5 Å². The Kier molecular flexibility index (Phi) is 6.17. The van der Waals surface area contributed by atoms with E-state index in [4.69, 9.17) is 4.74 Å². The number of hydrogen-bond donors (Lipinski definition) is 0. The first-order valence-corrected chi connectivity index (χ1v) is 9.76. The van der Waals surface area contributed by atoms with Gasteiger partial charge < -0.3 is 14.5 Å². The van der Waals surface area contributed by atoms with Gasteiger partial charge in [0.15, 0.2) is 0 Å². The molecule has 2 fully saturated rings. The van der Waals surface area contributed by atoms with Gasteiger partial charge in [-0.3, -0.25) is 9.59 Å². The molecule has 1 saturated carbocycles. The predicted molar refractivity (Wildman–Crippen MR) is 101 cm³/mol. The number of benzene rings is 1. The second-order valence-corrected chi connectivity index (χ2v) is 7.60. The highest BCUT2D eigenvalue weighted by molar-refractivity contribution is 5.80. The zero-order valence-corrected chi connectivity index (χ0v) is 16.0. The third-order valence-electron chi connectivity index (χ3n) is 5.75. The Labute approximate surface area is 156 Å². The van der Waals surface area contributed by atoms with Crippen molar-refractivity contribution >= 4 is 11.8 Å². The van der Waals surface area contributed by atoms with Gasteiger partial charge >= 0.3 is 0 Å². The highest BCUT2D eigenvalue weighted by Crippen LogP contribution is 2.28. The number of methoxy groups -OCH3 is 1. The van der Waals surface area contributed by atoms with Crippen LogP contribution in [0.25, 0.3) is 0 Å². The zero-order chi connectivity index (χ0) is 18.5. The summed E-state index contributed by atoms with van der Waals surface area (Å²) in [5.41, 5.74) is 2.04. The van der Waals surface area contributed by atoms with Crippen molar-refractivity contribution < 1.29 is 14.3 Å². The van der Waals surface area contributed by atoms with E-state index in [1.54, 1.807) is 7.11 Å². The lowest BCUT2D eigenvalue weighted by atomic mass is 10.0. The number of hydrogen-bond acceptors (Lipinski definition) is 3. The molecule has 1 saturated heterocycles. The lowest BCUT2D eigenvalue weighted by Gasteiger charge is -2.35. The molecule has 0 atom stereocenters. The second-order valence-electron chi connectivity index (χ2n) is 7.60. The van der Waals surface area contributed by atoms with Crippen molar-refractivity contribution in [2.24, 2.45) is 5.92 Å². The van der Waals surface area contributed by atoms with E-state index in [1.165, 1.54) is 25.7 Å². The Morgan fingerprint density at radius 1 is 1.04 bits per heavy atom. The molecule has 5 nitrogen and oxygen atoms in total. The molecule has 142 valence electrons. The SMILES string of the molecule is COc1cc(CC(=O)N2CCN(C(=O)CC3CCCC3)CC2)ccc1C. The highest BCUT2D eigenvalue weighted by Gasteiger charge is 2.26. The fraction of sp³-hybridized carbons (Fsp3) is 0.619. The van der Waals surface area contributed by atoms with Gasteiger partial charge in [0, 0.05) is 32.6 Å². The van der Waals surface area contributed by atoms with Gasteiger partial charge in [-0.05, 0) is 42.9 Å². The third-order valence-corrected chi connectivity index (χ3v) is 5.75. The van der Waals surface area contributed by atoms with Crippen LogP contribution >= 0.6 is 0 Å². The average Bonchev–Trinajstić information content (AvgIpc) is 3.16. The standard InChI is InChI=1S/C21H30N2O3/c1-16-7-8-18(13-19(16)26-2)15-21(25)23-11-9-22(10-12-23)20(24)14-17-5-3-4-6-17/h7-8,13,17H,3-6,9-12,14-15H2,1-2H3. The summed E-state index contributed by atoms with van der Waals surface area (Å²) in [6.45, 7) is 4.59. The number of aryl methyl sites for hydroxylation is 1. The van der Waals surface area contributed by atoms with Gasteiger partial charge in [0.25, 0.3) is 0 Å².